The summed E-state index contributed by atoms with van der Waals surface area (Å²) in [5.74, 6) is 2.36. The summed E-state index contributed by atoms with van der Waals surface area (Å²) < 4.78 is 17.5. The molecular weight excluding hydrogens is 713 g/mol. The van der Waals surface area contributed by atoms with Crippen molar-refractivity contribution in [1.29, 1.82) is 0 Å². The summed E-state index contributed by atoms with van der Waals surface area (Å²) in [6, 6.07) is 6.83. The van der Waals surface area contributed by atoms with Gasteiger partial charge in [-0.05, 0) is 161 Å². The standard InChI is InChI=1S/C50H74O7/c1-9-55-42(52)15-13-11-10-12-14-16-43(53)56-33-50-30-25-37(34(2)3)45(50)38-22-23-40-47(6)28-27-41(57-44(54)24-19-35-17-20-36(51)21-18-35)46(4,5)39(47)26-29-49(40,8)48(38,7)31-32-50/h17-21,24,37-41,45,51H,2,9-16,22-23,25-33H2,1,3-8H3. The van der Waals surface area contributed by atoms with Gasteiger partial charge >= 0.3 is 17.9 Å². The molecule has 7 nitrogen and oxygen atoms in total. The number of hydrogen-bond acceptors (Lipinski definition) is 7. The number of fused-ring (bicyclic) bond motifs is 7. The highest BCUT2D eigenvalue weighted by Gasteiger charge is 2.71. The van der Waals surface area contributed by atoms with Gasteiger partial charge in [-0.2, -0.15) is 0 Å². The van der Waals surface area contributed by atoms with E-state index in [-0.39, 0.29) is 56.8 Å². The maximum Gasteiger partial charge on any atom is 0.331 e. The van der Waals surface area contributed by atoms with Crippen molar-refractivity contribution in [2.45, 2.75) is 164 Å². The van der Waals surface area contributed by atoms with Crippen molar-refractivity contribution < 1.29 is 33.7 Å². The monoisotopic (exact) mass is 787 g/mol. The zero-order valence-corrected chi connectivity index (χ0v) is 36.5. The SMILES string of the molecule is C=C(C)C1CCC2(COC(=O)CCCCCCCC(=O)OCC)CCC3(C)C(CCC4C5(C)CCC(OC(=O)C=Cc6ccc(O)cc6)C(C)(C)C5CCC43C)C12. The van der Waals surface area contributed by atoms with E-state index in [1.165, 1.54) is 37.3 Å². The minimum absolute atomic E-state index is 0.0293. The molecule has 57 heavy (non-hydrogen) atoms. The number of aromatic hydroxyl groups is 1. The van der Waals surface area contributed by atoms with Crippen molar-refractivity contribution in [2.24, 2.45) is 56.7 Å². The third-order valence-electron chi connectivity index (χ3n) is 17.3. The molecule has 7 heteroatoms. The van der Waals surface area contributed by atoms with Gasteiger partial charge in [0.05, 0.1) is 13.2 Å². The molecule has 1 aromatic rings. The van der Waals surface area contributed by atoms with Gasteiger partial charge in [0, 0.05) is 29.7 Å². The van der Waals surface area contributed by atoms with E-state index < -0.39 is 0 Å². The van der Waals surface area contributed by atoms with E-state index in [0.717, 1.165) is 76.2 Å². The average Bonchev–Trinajstić information content (AvgIpc) is 3.55. The Hall–Kier alpha value is -3.09. The lowest BCUT2D eigenvalue weighted by atomic mass is 9.32. The highest BCUT2D eigenvalue weighted by molar-refractivity contribution is 5.87. The molecule has 0 amide bonds. The average molecular weight is 787 g/mol. The van der Waals surface area contributed by atoms with Crippen molar-refractivity contribution in [3.8, 4) is 5.75 Å². The Morgan fingerprint density at radius 2 is 1.44 bits per heavy atom. The Kier molecular flexibility index (Phi) is 13.2. The van der Waals surface area contributed by atoms with Crippen LogP contribution in [-0.2, 0) is 28.6 Å². The van der Waals surface area contributed by atoms with E-state index in [4.69, 9.17) is 14.2 Å². The zero-order valence-electron chi connectivity index (χ0n) is 36.5. The molecule has 5 aliphatic rings. The zero-order chi connectivity index (χ0) is 41.2. The minimum atomic E-state index is -0.294. The normalized spacial score (nSPS) is 36.6. The number of esters is 3. The molecule has 0 saturated heterocycles. The molecule has 1 aromatic carbocycles. The highest BCUT2D eigenvalue weighted by Crippen LogP contribution is 2.77. The fourth-order valence-corrected chi connectivity index (χ4v) is 14.3. The predicted octanol–water partition coefficient (Wildman–Crippen LogP) is 11.8. The minimum Gasteiger partial charge on any atom is -0.508 e. The second-order valence-corrected chi connectivity index (χ2v) is 20.5. The number of hydrogen-bond donors (Lipinski definition) is 1. The van der Waals surface area contributed by atoms with Crippen LogP contribution in [0.15, 0.2) is 42.5 Å². The number of carbonyl (C=O) groups is 3. The van der Waals surface area contributed by atoms with Gasteiger partial charge in [0.15, 0.2) is 0 Å². The smallest absolute Gasteiger partial charge is 0.331 e. The molecule has 5 aliphatic carbocycles. The molecule has 10 unspecified atom stereocenters. The van der Waals surface area contributed by atoms with Gasteiger partial charge in [-0.3, -0.25) is 9.59 Å². The summed E-state index contributed by atoms with van der Waals surface area (Å²) in [5.41, 5.74) is 2.61. The molecule has 10 atom stereocenters. The Morgan fingerprint density at radius 1 is 0.772 bits per heavy atom. The number of rotatable bonds is 15. The van der Waals surface area contributed by atoms with E-state index in [2.05, 4.69) is 48.1 Å². The number of phenolic OH excluding ortho intramolecular Hbond substituents is 1. The summed E-state index contributed by atoms with van der Waals surface area (Å²) in [7, 11) is 0. The van der Waals surface area contributed by atoms with Crippen molar-refractivity contribution in [1.82, 2.24) is 0 Å². The van der Waals surface area contributed by atoms with Crippen LogP contribution in [0.25, 0.3) is 6.08 Å². The highest BCUT2D eigenvalue weighted by atomic mass is 16.5. The number of unbranched alkanes of at least 4 members (excludes halogenated alkanes) is 4. The van der Waals surface area contributed by atoms with Gasteiger partial charge in [0.25, 0.3) is 0 Å². The third kappa shape index (κ3) is 8.38. The Labute approximate surface area is 344 Å². The van der Waals surface area contributed by atoms with E-state index >= 15 is 0 Å². The molecule has 5 fully saturated rings. The van der Waals surface area contributed by atoms with Crippen molar-refractivity contribution >= 4 is 24.0 Å². The van der Waals surface area contributed by atoms with E-state index in [1.54, 1.807) is 30.3 Å². The quantitative estimate of drug-likeness (QED) is 0.0621. The first-order chi connectivity index (χ1) is 27.0. The van der Waals surface area contributed by atoms with Crippen LogP contribution in [0.1, 0.15) is 163 Å². The second kappa shape index (κ2) is 17.3. The van der Waals surface area contributed by atoms with Gasteiger partial charge in [-0.25, -0.2) is 4.79 Å². The number of allylic oxidation sites excluding steroid dienone is 1. The van der Waals surface area contributed by atoms with Gasteiger partial charge < -0.3 is 19.3 Å². The summed E-state index contributed by atoms with van der Waals surface area (Å²) in [5, 5.41) is 9.62. The molecular formula is C50H74O7. The first kappa shape index (κ1) is 43.5. The van der Waals surface area contributed by atoms with Crippen LogP contribution in [0.5, 0.6) is 5.75 Å². The fourth-order valence-electron chi connectivity index (χ4n) is 14.3. The fraction of sp³-hybridized carbons (Fsp3) is 0.740. The summed E-state index contributed by atoms with van der Waals surface area (Å²) >= 11 is 0. The van der Waals surface area contributed by atoms with Gasteiger partial charge in [0.1, 0.15) is 11.9 Å². The van der Waals surface area contributed by atoms with Crippen molar-refractivity contribution in [2.75, 3.05) is 13.2 Å². The van der Waals surface area contributed by atoms with Crippen LogP contribution >= 0.6 is 0 Å². The summed E-state index contributed by atoms with van der Waals surface area (Å²) in [4.78, 5) is 37.9. The molecule has 0 bridgehead atoms. The van der Waals surface area contributed by atoms with Crippen molar-refractivity contribution in [3.63, 3.8) is 0 Å². The number of carbonyl (C=O) groups excluding carboxylic acids is 3. The summed E-state index contributed by atoms with van der Waals surface area (Å²) in [6.45, 7) is 22.2. The summed E-state index contributed by atoms with van der Waals surface area (Å²) in [6.07, 6.45) is 20.1. The lowest BCUT2D eigenvalue weighted by molar-refractivity contribution is -0.251. The van der Waals surface area contributed by atoms with Crippen LogP contribution in [0.4, 0.5) is 0 Å². The molecule has 0 aromatic heterocycles. The molecule has 1 N–H and O–H groups in total. The van der Waals surface area contributed by atoms with E-state index in [1.807, 2.05) is 6.92 Å². The Morgan fingerprint density at radius 3 is 2.11 bits per heavy atom. The Balaban J connectivity index is 1.10. The molecule has 0 heterocycles. The number of phenols is 1. The number of benzene rings is 1. The van der Waals surface area contributed by atoms with E-state index in [9.17, 15) is 19.5 Å². The Bertz CT molecular complexity index is 1640. The lowest BCUT2D eigenvalue weighted by Gasteiger charge is -2.73. The van der Waals surface area contributed by atoms with Crippen LogP contribution < -0.4 is 0 Å². The maximum absolute atomic E-state index is 13.2. The maximum atomic E-state index is 13.2. The molecule has 0 spiro atoms. The van der Waals surface area contributed by atoms with E-state index in [0.29, 0.717) is 55.6 Å². The first-order valence-electron chi connectivity index (χ1n) is 22.6. The first-order valence-corrected chi connectivity index (χ1v) is 22.6. The van der Waals surface area contributed by atoms with Crippen molar-refractivity contribution in [3.05, 3.63) is 48.1 Å². The molecule has 6 rings (SSSR count). The largest absolute Gasteiger partial charge is 0.508 e. The third-order valence-corrected chi connectivity index (χ3v) is 17.3. The molecule has 316 valence electrons. The lowest BCUT2D eigenvalue weighted by Crippen LogP contribution is -2.67. The molecule has 5 saturated carbocycles. The molecule has 0 radical (unpaired) electrons. The van der Waals surface area contributed by atoms with Gasteiger partial charge in [0.2, 0.25) is 0 Å². The predicted molar refractivity (Wildman–Crippen MR) is 226 cm³/mol. The van der Waals surface area contributed by atoms with Crippen LogP contribution in [0, 0.1) is 56.7 Å². The topological polar surface area (TPSA) is 99.1 Å². The van der Waals surface area contributed by atoms with Gasteiger partial charge in [-0.1, -0.05) is 78.2 Å². The van der Waals surface area contributed by atoms with Crippen LogP contribution in [0.2, 0.25) is 0 Å². The van der Waals surface area contributed by atoms with Crippen LogP contribution in [-0.4, -0.2) is 42.3 Å². The van der Waals surface area contributed by atoms with Crippen LogP contribution in [0.3, 0.4) is 0 Å². The second-order valence-electron chi connectivity index (χ2n) is 20.5. The molecule has 0 aliphatic heterocycles. The number of ether oxygens (including phenoxy) is 3. The van der Waals surface area contributed by atoms with Gasteiger partial charge in [-0.15, -0.1) is 0 Å².